The molecule has 1 fully saturated rings. The van der Waals surface area contributed by atoms with Crippen LogP contribution in [-0.2, 0) is 9.59 Å². The Morgan fingerprint density at radius 1 is 1.26 bits per heavy atom. The van der Waals surface area contributed by atoms with Gasteiger partial charge in [0.15, 0.2) is 0 Å². The van der Waals surface area contributed by atoms with E-state index in [1.54, 1.807) is 32.0 Å². The molecule has 3 rings (SSSR count). The number of carbonyl (C=O) groups is 2. The molecule has 1 aliphatic rings. The number of aliphatic imine (C=N–C) groups is 1. The summed E-state index contributed by atoms with van der Waals surface area (Å²) < 4.78 is 0. The number of aryl methyl sites for hydroxylation is 2. The van der Waals surface area contributed by atoms with E-state index in [4.69, 9.17) is 23.2 Å². The van der Waals surface area contributed by atoms with Crippen molar-refractivity contribution in [2.45, 2.75) is 26.3 Å². The highest BCUT2D eigenvalue weighted by molar-refractivity contribution is 6.37. The van der Waals surface area contributed by atoms with Gasteiger partial charge in [-0.15, -0.1) is 0 Å². The Kier molecular flexibility index (Phi) is 5.29. The maximum atomic E-state index is 12.1. The molecule has 0 saturated carbocycles. The average molecular weight is 408 g/mol. The van der Waals surface area contributed by atoms with E-state index in [1.807, 2.05) is 0 Å². The third-order valence-corrected chi connectivity index (χ3v) is 4.34. The highest BCUT2D eigenvalue weighted by Crippen LogP contribution is 2.32. The summed E-state index contributed by atoms with van der Waals surface area (Å²) in [5.41, 5.74) is 1.72. The van der Waals surface area contributed by atoms with Gasteiger partial charge in [0.1, 0.15) is 6.04 Å². The van der Waals surface area contributed by atoms with Crippen molar-refractivity contribution in [2.24, 2.45) is 4.99 Å². The number of anilines is 1. The number of aliphatic carboxylic acids is 1. The normalized spacial score (nSPS) is 18.5. The second-order valence-corrected chi connectivity index (χ2v) is 6.80. The summed E-state index contributed by atoms with van der Waals surface area (Å²) in [4.78, 5) is 37.9. The molecule has 27 heavy (non-hydrogen) atoms. The van der Waals surface area contributed by atoms with E-state index in [1.165, 1.54) is 11.0 Å². The van der Waals surface area contributed by atoms with Crippen LogP contribution in [0.4, 0.5) is 11.6 Å². The van der Waals surface area contributed by atoms with Crippen molar-refractivity contribution < 1.29 is 14.7 Å². The molecule has 8 nitrogen and oxygen atoms in total. The van der Waals surface area contributed by atoms with Crippen LogP contribution in [0, 0.1) is 13.8 Å². The quantitative estimate of drug-likeness (QED) is 0.809. The molecule has 2 heterocycles. The summed E-state index contributed by atoms with van der Waals surface area (Å²) in [7, 11) is 0. The van der Waals surface area contributed by atoms with Crippen molar-refractivity contribution in [3.05, 3.63) is 45.7 Å². The fraction of sp³-hybridized carbons (Fsp3) is 0.235. The molecule has 2 N–H and O–H groups in total. The van der Waals surface area contributed by atoms with Crippen LogP contribution >= 0.6 is 23.2 Å². The molecule has 0 radical (unpaired) electrons. The second-order valence-electron chi connectivity index (χ2n) is 5.96. The molecule has 1 aromatic carbocycles. The first-order chi connectivity index (χ1) is 12.7. The number of benzene rings is 1. The Bertz CT molecular complexity index is 943. The van der Waals surface area contributed by atoms with Gasteiger partial charge >= 0.3 is 5.97 Å². The van der Waals surface area contributed by atoms with Gasteiger partial charge in [-0.1, -0.05) is 23.2 Å². The lowest BCUT2D eigenvalue weighted by molar-refractivity contribution is -0.140. The molecule has 1 saturated heterocycles. The zero-order valence-electron chi connectivity index (χ0n) is 14.4. The number of halogens is 2. The Labute approximate surface area is 164 Å². The molecule has 0 bridgehead atoms. The molecule has 0 aliphatic carbocycles. The zero-order chi connectivity index (χ0) is 19.7. The number of rotatable bonds is 3. The number of aromatic nitrogens is 2. The van der Waals surface area contributed by atoms with Gasteiger partial charge < -0.3 is 5.11 Å². The monoisotopic (exact) mass is 407 g/mol. The van der Waals surface area contributed by atoms with E-state index in [-0.39, 0.29) is 23.4 Å². The average Bonchev–Trinajstić information content (AvgIpc) is 2.54. The van der Waals surface area contributed by atoms with Crippen molar-refractivity contribution in [1.29, 1.82) is 0 Å². The van der Waals surface area contributed by atoms with Crippen molar-refractivity contribution in [3.8, 4) is 0 Å². The van der Waals surface area contributed by atoms with Crippen LogP contribution < -0.4 is 10.2 Å². The number of hydrogen-bond donors (Lipinski definition) is 2. The minimum absolute atomic E-state index is 0.0205. The van der Waals surface area contributed by atoms with E-state index in [0.29, 0.717) is 22.1 Å². The van der Waals surface area contributed by atoms with Gasteiger partial charge in [0.05, 0.1) is 17.1 Å². The summed E-state index contributed by atoms with van der Waals surface area (Å²) >= 11 is 12.2. The lowest BCUT2D eigenvalue weighted by Crippen LogP contribution is -2.58. The highest BCUT2D eigenvalue weighted by Gasteiger charge is 2.38. The summed E-state index contributed by atoms with van der Waals surface area (Å²) in [6, 6.07) is 5.21. The number of nitrogens with zero attached hydrogens (tertiary/aromatic N) is 4. The third-order valence-electron chi connectivity index (χ3n) is 3.80. The summed E-state index contributed by atoms with van der Waals surface area (Å²) in [5, 5.41) is 12.8. The van der Waals surface area contributed by atoms with E-state index >= 15 is 0 Å². The number of guanidine groups is 1. The molecule has 10 heteroatoms. The Morgan fingerprint density at radius 3 is 2.52 bits per heavy atom. The first kappa shape index (κ1) is 19.1. The Balaban J connectivity index is 2.16. The van der Waals surface area contributed by atoms with Gasteiger partial charge in [0.2, 0.25) is 11.9 Å². The Morgan fingerprint density at radius 2 is 1.93 bits per heavy atom. The minimum Gasteiger partial charge on any atom is -0.480 e. The third kappa shape index (κ3) is 4.17. The van der Waals surface area contributed by atoms with Gasteiger partial charge in [-0.2, -0.15) is 4.99 Å². The summed E-state index contributed by atoms with van der Waals surface area (Å²) in [6.07, 6.45) is -0.263. The maximum absolute atomic E-state index is 12.1. The van der Waals surface area contributed by atoms with E-state index in [0.717, 1.165) is 0 Å². The fourth-order valence-electron chi connectivity index (χ4n) is 2.74. The van der Waals surface area contributed by atoms with E-state index in [9.17, 15) is 14.7 Å². The first-order valence-electron chi connectivity index (χ1n) is 7.92. The van der Waals surface area contributed by atoms with Crippen LogP contribution in [0.25, 0.3) is 0 Å². The van der Waals surface area contributed by atoms with E-state index in [2.05, 4.69) is 20.3 Å². The molecule has 0 unspecified atom stereocenters. The van der Waals surface area contributed by atoms with Crippen LogP contribution in [0.2, 0.25) is 10.0 Å². The van der Waals surface area contributed by atoms with Crippen LogP contribution in [0.3, 0.4) is 0 Å². The van der Waals surface area contributed by atoms with Gasteiger partial charge in [-0.05, 0) is 38.1 Å². The van der Waals surface area contributed by atoms with Crippen molar-refractivity contribution in [1.82, 2.24) is 15.3 Å². The predicted octanol–water partition coefficient (Wildman–Crippen LogP) is 2.87. The molecule has 0 spiro atoms. The molecule has 1 aliphatic heterocycles. The molecule has 2 aromatic rings. The first-order valence-corrected chi connectivity index (χ1v) is 8.68. The zero-order valence-corrected chi connectivity index (χ0v) is 15.9. The number of amides is 1. The number of nitrogens with one attached hydrogen (secondary N) is 1. The molecule has 140 valence electrons. The number of carboxylic acids is 1. The topological polar surface area (TPSA) is 108 Å². The van der Waals surface area contributed by atoms with Crippen LogP contribution in [-0.4, -0.2) is 39.0 Å². The van der Waals surface area contributed by atoms with Gasteiger partial charge in [0, 0.05) is 16.4 Å². The molecule has 1 amide bonds. The van der Waals surface area contributed by atoms with Crippen molar-refractivity contribution in [2.75, 3.05) is 4.90 Å². The molecular formula is C17H15Cl2N5O3. The van der Waals surface area contributed by atoms with Crippen LogP contribution in [0.5, 0.6) is 0 Å². The summed E-state index contributed by atoms with van der Waals surface area (Å²) in [5.74, 6) is -1.59. The van der Waals surface area contributed by atoms with Crippen molar-refractivity contribution >= 4 is 52.7 Å². The fourth-order valence-corrected chi connectivity index (χ4v) is 3.24. The van der Waals surface area contributed by atoms with Gasteiger partial charge in [0.25, 0.3) is 5.95 Å². The SMILES string of the molecule is Cc1cc(C)nc(N=C2NC(=O)C[C@@H](C(=O)O)N2c2ccc(Cl)cc2Cl)n1. The van der Waals surface area contributed by atoms with Gasteiger partial charge in [-0.25, -0.2) is 14.8 Å². The van der Waals surface area contributed by atoms with Crippen molar-refractivity contribution in [3.63, 3.8) is 0 Å². The van der Waals surface area contributed by atoms with Gasteiger partial charge in [-0.3, -0.25) is 15.0 Å². The number of carboxylic acid groups (broad SMARTS) is 1. The van der Waals surface area contributed by atoms with Crippen LogP contribution in [0.1, 0.15) is 17.8 Å². The number of hydrogen-bond acceptors (Lipinski definition) is 5. The minimum atomic E-state index is -1.19. The molecule has 1 aromatic heterocycles. The van der Waals surface area contributed by atoms with E-state index < -0.39 is 17.9 Å². The Hall–Kier alpha value is -2.71. The number of carbonyl (C=O) groups excluding carboxylic acids is 1. The highest BCUT2D eigenvalue weighted by atomic mass is 35.5. The van der Waals surface area contributed by atoms with Crippen LogP contribution in [0.15, 0.2) is 29.3 Å². The largest absolute Gasteiger partial charge is 0.480 e. The molecule has 1 atom stereocenters. The standard InChI is InChI=1S/C17H15Cl2N5O3/c1-8-5-9(2)21-16(20-8)23-17-22-14(25)7-13(15(26)27)24(17)12-4-3-10(18)6-11(12)19/h3-6,13H,7H2,1-2H3,(H,26,27)(H,20,21,22,23,25)/t13-/m0/s1. The maximum Gasteiger partial charge on any atom is 0.327 e. The lowest BCUT2D eigenvalue weighted by atomic mass is 10.1. The molecular weight excluding hydrogens is 393 g/mol. The summed E-state index contributed by atoms with van der Waals surface area (Å²) in [6.45, 7) is 3.57. The lowest BCUT2D eigenvalue weighted by Gasteiger charge is -2.35. The smallest absolute Gasteiger partial charge is 0.327 e. The second kappa shape index (κ2) is 7.50. The predicted molar refractivity (Wildman–Crippen MR) is 102 cm³/mol.